The molecule has 4 nitrogen and oxygen atoms in total. The van der Waals surface area contributed by atoms with Crippen LogP contribution < -0.4 is 5.73 Å². The third kappa shape index (κ3) is 4.15. The van der Waals surface area contributed by atoms with Gasteiger partial charge in [0.05, 0.1) is 17.1 Å². The van der Waals surface area contributed by atoms with E-state index in [0.29, 0.717) is 22.3 Å². The Kier molecular flexibility index (Phi) is 5.91. The van der Waals surface area contributed by atoms with Crippen LogP contribution in [0.3, 0.4) is 0 Å². The molecular formula is C12H16BrClN2O2. The summed E-state index contributed by atoms with van der Waals surface area (Å²) in [6.45, 7) is 0.854. The minimum absolute atomic E-state index is 0.200. The molecule has 0 aliphatic rings. The van der Waals surface area contributed by atoms with E-state index in [1.165, 1.54) is 0 Å². The van der Waals surface area contributed by atoms with Gasteiger partial charge < -0.3 is 15.4 Å². The molecule has 1 aromatic carbocycles. The fourth-order valence-corrected chi connectivity index (χ4v) is 2.06. The van der Waals surface area contributed by atoms with E-state index in [1.807, 2.05) is 19.0 Å². The first-order chi connectivity index (χ1) is 8.45. The summed E-state index contributed by atoms with van der Waals surface area (Å²) >= 11 is 8.82. The number of carbonyl (C=O) groups excluding carboxylic acids is 1. The molecule has 2 N–H and O–H groups in total. The highest BCUT2D eigenvalue weighted by atomic mass is 79.9. The second-order valence-electron chi connectivity index (χ2n) is 4.09. The van der Waals surface area contributed by atoms with E-state index >= 15 is 0 Å². The number of alkyl halides is 1. The largest absolute Gasteiger partial charge is 0.461 e. The van der Waals surface area contributed by atoms with Gasteiger partial charge in [0.25, 0.3) is 0 Å². The topological polar surface area (TPSA) is 55.6 Å². The Morgan fingerprint density at radius 1 is 1.50 bits per heavy atom. The molecule has 0 radical (unpaired) electrons. The number of hydrogen-bond acceptors (Lipinski definition) is 4. The zero-order valence-electron chi connectivity index (χ0n) is 10.4. The molecule has 100 valence electrons. The number of nitrogen functional groups attached to an aromatic ring is 1. The van der Waals surface area contributed by atoms with Gasteiger partial charge in [-0.2, -0.15) is 0 Å². The van der Waals surface area contributed by atoms with Gasteiger partial charge in [0.15, 0.2) is 0 Å². The lowest BCUT2D eigenvalue weighted by molar-refractivity contribution is 0.0529. The lowest BCUT2D eigenvalue weighted by atomic mass is 10.1. The van der Waals surface area contributed by atoms with Gasteiger partial charge in [-0.05, 0) is 47.7 Å². The van der Waals surface area contributed by atoms with E-state index in [1.54, 1.807) is 12.1 Å². The van der Waals surface area contributed by atoms with Gasteiger partial charge in [-0.3, -0.25) is 0 Å². The molecule has 0 fully saturated rings. The predicted molar refractivity (Wildman–Crippen MR) is 76.9 cm³/mol. The summed E-state index contributed by atoms with van der Waals surface area (Å²) in [7, 11) is 3.87. The van der Waals surface area contributed by atoms with Crippen LogP contribution in [-0.2, 0) is 11.3 Å². The van der Waals surface area contributed by atoms with E-state index in [-0.39, 0.29) is 12.5 Å². The van der Waals surface area contributed by atoms with E-state index in [9.17, 15) is 4.79 Å². The van der Waals surface area contributed by atoms with Crippen molar-refractivity contribution in [1.82, 2.24) is 4.90 Å². The summed E-state index contributed by atoms with van der Waals surface area (Å²) in [6.07, 6.45) is 0. The highest BCUT2D eigenvalue weighted by Gasteiger charge is 2.13. The van der Waals surface area contributed by atoms with Crippen molar-refractivity contribution in [3.8, 4) is 0 Å². The maximum atomic E-state index is 11.7. The molecule has 1 aromatic rings. The molecule has 0 bridgehead atoms. The summed E-state index contributed by atoms with van der Waals surface area (Å²) < 4.78 is 5.68. The molecule has 18 heavy (non-hydrogen) atoms. The Balaban J connectivity index is 3.00. The average molecular weight is 336 g/mol. The number of nitrogens with two attached hydrogens (primary N) is 1. The third-order valence-electron chi connectivity index (χ3n) is 2.25. The van der Waals surface area contributed by atoms with Crippen molar-refractivity contribution in [2.45, 2.75) is 6.54 Å². The summed E-state index contributed by atoms with van der Waals surface area (Å²) in [5, 5.41) is 0. The Bertz CT molecular complexity index is 438. The molecule has 0 heterocycles. The first-order valence-corrected chi connectivity index (χ1v) is 6.74. The van der Waals surface area contributed by atoms with Gasteiger partial charge in [-0.25, -0.2) is 4.79 Å². The maximum Gasteiger partial charge on any atom is 0.338 e. The number of esters is 1. The summed E-state index contributed by atoms with van der Waals surface area (Å²) in [5.41, 5.74) is 7.94. The van der Waals surface area contributed by atoms with Crippen molar-refractivity contribution < 1.29 is 9.53 Å². The van der Waals surface area contributed by atoms with Crippen molar-refractivity contribution in [2.75, 3.05) is 32.3 Å². The lowest BCUT2D eigenvalue weighted by Crippen LogP contribution is -2.14. The molecule has 0 aromatic heterocycles. The van der Waals surface area contributed by atoms with Gasteiger partial charge >= 0.3 is 5.97 Å². The number of ether oxygens (including phenoxy) is 1. The molecule has 0 spiro atoms. The van der Waals surface area contributed by atoms with Crippen molar-refractivity contribution in [3.05, 3.63) is 27.7 Å². The number of benzene rings is 1. The highest BCUT2D eigenvalue weighted by molar-refractivity contribution is 9.10. The Labute approximate surface area is 120 Å². The number of carbonyl (C=O) groups is 1. The second-order valence-corrected chi connectivity index (χ2v) is 5.33. The van der Waals surface area contributed by atoms with Crippen LogP contribution in [0.15, 0.2) is 16.6 Å². The smallest absolute Gasteiger partial charge is 0.338 e. The maximum absolute atomic E-state index is 11.7. The molecule has 0 amide bonds. The number of nitrogens with zero attached hydrogens (tertiary/aromatic N) is 1. The van der Waals surface area contributed by atoms with E-state index in [4.69, 9.17) is 22.1 Å². The first kappa shape index (κ1) is 15.3. The van der Waals surface area contributed by atoms with Crippen LogP contribution >= 0.6 is 27.5 Å². The summed E-state index contributed by atoms with van der Waals surface area (Å²) in [6, 6.07) is 3.40. The van der Waals surface area contributed by atoms with Crippen molar-refractivity contribution in [1.29, 1.82) is 0 Å². The number of hydrogen-bond donors (Lipinski definition) is 1. The van der Waals surface area contributed by atoms with Crippen LogP contribution in [0, 0.1) is 0 Å². The first-order valence-electron chi connectivity index (χ1n) is 5.41. The fraction of sp³-hybridized carbons (Fsp3) is 0.417. The molecule has 0 aliphatic carbocycles. The van der Waals surface area contributed by atoms with Gasteiger partial charge in [0.1, 0.15) is 6.61 Å². The molecule has 0 saturated heterocycles. The van der Waals surface area contributed by atoms with E-state index in [2.05, 4.69) is 15.9 Å². The van der Waals surface area contributed by atoms with Crippen molar-refractivity contribution >= 4 is 39.2 Å². The van der Waals surface area contributed by atoms with Crippen LogP contribution in [0.4, 0.5) is 5.69 Å². The minimum atomic E-state index is -0.392. The molecule has 6 heteroatoms. The SMILES string of the molecule is CN(C)Cc1cc(C(=O)OCCCl)cc(Br)c1N. The second kappa shape index (κ2) is 6.97. The van der Waals surface area contributed by atoms with Crippen LogP contribution in [0.2, 0.25) is 0 Å². The Morgan fingerprint density at radius 2 is 2.17 bits per heavy atom. The van der Waals surface area contributed by atoms with E-state index < -0.39 is 5.97 Å². The molecule has 1 rings (SSSR count). The summed E-state index contributed by atoms with van der Waals surface area (Å²) in [4.78, 5) is 13.7. The fourth-order valence-electron chi connectivity index (χ4n) is 1.48. The summed E-state index contributed by atoms with van der Waals surface area (Å²) in [5.74, 6) is -0.108. The lowest BCUT2D eigenvalue weighted by Gasteiger charge is -2.14. The molecular weight excluding hydrogens is 320 g/mol. The minimum Gasteiger partial charge on any atom is -0.461 e. The zero-order valence-corrected chi connectivity index (χ0v) is 12.7. The predicted octanol–water partition coefficient (Wildman–Crippen LogP) is 2.49. The van der Waals surface area contributed by atoms with Gasteiger partial charge in [0, 0.05) is 11.0 Å². The molecule has 0 aliphatic heterocycles. The number of halogens is 2. The number of anilines is 1. The number of rotatable bonds is 5. The molecule has 0 unspecified atom stereocenters. The molecule has 0 atom stereocenters. The molecule has 0 saturated carbocycles. The Morgan fingerprint density at radius 3 is 2.72 bits per heavy atom. The van der Waals surface area contributed by atoms with Crippen LogP contribution in [0.25, 0.3) is 0 Å². The van der Waals surface area contributed by atoms with Gasteiger partial charge in [0.2, 0.25) is 0 Å². The third-order valence-corrected chi connectivity index (χ3v) is 3.06. The normalized spacial score (nSPS) is 10.7. The quantitative estimate of drug-likeness (QED) is 0.510. The average Bonchev–Trinajstić information content (AvgIpc) is 2.31. The Hall–Kier alpha value is -0.780. The van der Waals surface area contributed by atoms with Crippen molar-refractivity contribution in [3.63, 3.8) is 0 Å². The van der Waals surface area contributed by atoms with E-state index in [0.717, 1.165) is 5.56 Å². The van der Waals surface area contributed by atoms with Crippen LogP contribution in [0.5, 0.6) is 0 Å². The highest BCUT2D eigenvalue weighted by Crippen LogP contribution is 2.26. The van der Waals surface area contributed by atoms with Crippen LogP contribution in [0.1, 0.15) is 15.9 Å². The monoisotopic (exact) mass is 334 g/mol. The van der Waals surface area contributed by atoms with Crippen LogP contribution in [-0.4, -0.2) is 37.5 Å². The standard InChI is InChI=1S/C12H16BrClN2O2/c1-16(2)7-9-5-8(6-10(13)11(9)15)12(17)18-4-3-14/h5-6H,3-4,7,15H2,1-2H3. The van der Waals surface area contributed by atoms with Gasteiger partial charge in [-0.15, -0.1) is 11.6 Å². The van der Waals surface area contributed by atoms with Crippen molar-refractivity contribution in [2.24, 2.45) is 0 Å². The zero-order chi connectivity index (χ0) is 13.7. The van der Waals surface area contributed by atoms with Gasteiger partial charge in [-0.1, -0.05) is 0 Å².